The van der Waals surface area contributed by atoms with E-state index in [-0.39, 0.29) is 0 Å². The first-order chi connectivity index (χ1) is 4.43. The van der Waals surface area contributed by atoms with Gasteiger partial charge in [0.05, 0.1) is 12.4 Å². The fraction of sp³-hybridized carbons (Fsp3) is 0.714. The summed E-state index contributed by atoms with van der Waals surface area (Å²) in [4.78, 5) is 0. The Kier molecular flexibility index (Phi) is 3.12. The maximum Gasteiger partial charge on any atom is 0.0928 e. The molecule has 0 aliphatic carbocycles. The van der Waals surface area contributed by atoms with Crippen molar-refractivity contribution in [3.05, 3.63) is 11.8 Å². The lowest BCUT2D eigenvalue weighted by atomic mass is 10.2. The first kappa shape index (κ1) is 7.13. The SMILES string of the molecule is BrCC=C1CCCCO1. The minimum Gasteiger partial charge on any atom is -0.498 e. The molecule has 0 saturated carbocycles. The average molecular weight is 191 g/mol. The Morgan fingerprint density at radius 3 is 3.00 bits per heavy atom. The molecule has 0 spiro atoms. The van der Waals surface area contributed by atoms with Crippen molar-refractivity contribution in [3.63, 3.8) is 0 Å². The molecule has 0 aromatic carbocycles. The summed E-state index contributed by atoms with van der Waals surface area (Å²) < 4.78 is 5.35. The molecule has 2 heteroatoms. The van der Waals surface area contributed by atoms with E-state index in [2.05, 4.69) is 22.0 Å². The lowest BCUT2D eigenvalue weighted by Crippen LogP contribution is -2.02. The molecule has 1 aliphatic rings. The molecule has 52 valence electrons. The van der Waals surface area contributed by atoms with E-state index in [0.29, 0.717) is 0 Å². The van der Waals surface area contributed by atoms with Crippen LogP contribution in [0.5, 0.6) is 0 Å². The van der Waals surface area contributed by atoms with Gasteiger partial charge in [-0.05, 0) is 18.9 Å². The van der Waals surface area contributed by atoms with Crippen molar-refractivity contribution in [2.24, 2.45) is 0 Å². The highest BCUT2D eigenvalue weighted by atomic mass is 79.9. The van der Waals surface area contributed by atoms with Crippen molar-refractivity contribution < 1.29 is 4.74 Å². The molecule has 0 bridgehead atoms. The Morgan fingerprint density at radius 1 is 1.56 bits per heavy atom. The van der Waals surface area contributed by atoms with Crippen LogP contribution in [0.25, 0.3) is 0 Å². The van der Waals surface area contributed by atoms with Gasteiger partial charge in [0.2, 0.25) is 0 Å². The summed E-state index contributed by atoms with van der Waals surface area (Å²) in [6, 6.07) is 0. The molecule has 1 heterocycles. The molecule has 1 saturated heterocycles. The third kappa shape index (κ3) is 2.39. The molecule has 1 nitrogen and oxygen atoms in total. The van der Waals surface area contributed by atoms with Gasteiger partial charge in [-0.15, -0.1) is 0 Å². The van der Waals surface area contributed by atoms with Gasteiger partial charge in [-0.3, -0.25) is 0 Å². The number of ether oxygens (including phenoxy) is 1. The van der Waals surface area contributed by atoms with Crippen LogP contribution in [-0.4, -0.2) is 11.9 Å². The first-order valence-corrected chi connectivity index (χ1v) is 4.43. The van der Waals surface area contributed by atoms with E-state index in [9.17, 15) is 0 Å². The zero-order valence-electron chi connectivity index (χ0n) is 5.40. The average Bonchev–Trinajstić information content (AvgIpc) is 1.91. The smallest absolute Gasteiger partial charge is 0.0928 e. The predicted molar refractivity (Wildman–Crippen MR) is 41.7 cm³/mol. The fourth-order valence-electron chi connectivity index (χ4n) is 0.924. The second-order valence-corrected chi connectivity index (χ2v) is 2.78. The van der Waals surface area contributed by atoms with E-state index in [4.69, 9.17) is 4.74 Å². The molecule has 9 heavy (non-hydrogen) atoms. The van der Waals surface area contributed by atoms with Crippen molar-refractivity contribution >= 4 is 15.9 Å². The van der Waals surface area contributed by atoms with Gasteiger partial charge in [0.1, 0.15) is 0 Å². The summed E-state index contributed by atoms with van der Waals surface area (Å²) >= 11 is 3.33. The molecule has 0 aromatic heterocycles. The fourth-order valence-corrected chi connectivity index (χ4v) is 1.28. The minimum atomic E-state index is 0.916. The maximum absolute atomic E-state index is 5.35. The van der Waals surface area contributed by atoms with E-state index in [1.54, 1.807) is 0 Å². The van der Waals surface area contributed by atoms with Crippen LogP contribution in [0.1, 0.15) is 19.3 Å². The van der Waals surface area contributed by atoms with Crippen LogP contribution < -0.4 is 0 Å². The highest BCUT2D eigenvalue weighted by Gasteiger charge is 2.03. The standard InChI is InChI=1S/C7H11BrO/c8-5-4-7-3-1-2-6-9-7/h4H,1-3,5-6H2. The molecular weight excluding hydrogens is 180 g/mol. The quantitative estimate of drug-likeness (QED) is 0.578. The molecule has 1 rings (SSSR count). The van der Waals surface area contributed by atoms with Crippen LogP contribution in [0.4, 0.5) is 0 Å². The van der Waals surface area contributed by atoms with Crippen molar-refractivity contribution in [3.8, 4) is 0 Å². The molecule has 1 fully saturated rings. The molecule has 0 radical (unpaired) electrons. The van der Waals surface area contributed by atoms with Crippen LogP contribution in [0, 0.1) is 0 Å². The molecule has 1 aliphatic heterocycles. The Labute approximate surface area is 64.2 Å². The van der Waals surface area contributed by atoms with Crippen molar-refractivity contribution in [1.82, 2.24) is 0 Å². The van der Waals surface area contributed by atoms with Gasteiger partial charge in [-0.1, -0.05) is 15.9 Å². The van der Waals surface area contributed by atoms with E-state index < -0.39 is 0 Å². The van der Waals surface area contributed by atoms with Gasteiger partial charge in [0.25, 0.3) is 0 Å². The molecule has 0 amide bonds. The highest BCUT2D eigenvalue weighted by Crippen LogP contribution is 2.15. The molecular formula is C7H11BrO. The topological polar surface area (TPSA) is 9.23 Å². The van der Waals surface area contributed by atoms with Crippen LogP contribution in [0.3, 0.4) is 0 Å². The van der Waals surface area contributed by atoms with E-state index in [0.717, 1.165) is 24.1 Å². The summed E-state index contributed by atoms with van der Waals surface area (Å²) in [6.45, 7) is 0.916. The minimum absolute atomic E-state index is 0.916. The predicted octanol–water partition coefficient (Wildman–Crippen LogP) is 2.47. The molecule has 0 N–H and O–H groups in total. The van der Waals surface area contributed by atoms with Gasteiger partial charge in [0.15, 0.2) is 0 Å². The Morgan fingerprint density at radius 2 is 2.44 bits per heavy atom. The second kappa shape index (κ2) is 3.94. The zero-order valence-corrected chi connectivity index (χ0v) is 6.99. The number of halogens is 1. The van der Waals surface area contributed by atoms with Crippen molar-refractivity contribution in [2.45, 2.75) is 19.3 Å². The molecule has 0 atom stereocenters. The number of hydrogen-bond donors (Lipinski definition) is 0. The maximum atomic E-state index is 5.35. The first-order valence-electron chi connectivity index (χ1n) is 3.31. The number of hydrogen-bond acceptors (Lipinski definition) is 1. The third-order valence-electron chi connectivity index (χ3n) is 1.41. The van der Waals surface area contributed by atoms with Gasteiger partial charge < -0.3 is 4.74 Å². The van der Waals surface area contributed by atoms with Crippen molar-refractivity contribution in [2.75, 3.05) is 11.9 Å². The van der Waals surface area contributed by atoms with Crippen molar-refractivity contribution in [1.29, 1.82) is 0 Å². The summed E-state index contributed by atoms with van der Waals surface area (Å²) in [5.41, 5.74) is 0. The summed E-state index contributed by atoms with van der Waals surface area (Å²) in [7, 11) is 0. The highest BCUT2D eigenvalue weighted by molar-refractivity contribution is 9.09. The third-order valence-corrected chi connectivity index (χ3v) is 1.73. The second-order valence-electron chi connectivity index (χ2n) is 2.13. The Balaban J connectivity index is 2.30. The molecule has 0 aromatic rings. The van der Waals surface area contributed by atoms with Gasteiger partial charge >= 0.3 is 0 Å². The lowest BCUT2D eigenvalue weighted by molar-refractivity contribution is 0.166. The van der Waals surface area contributed by atoms with Crippen LogP contribution in [0.15, 0.2) is 11.8 Å². The lowest BCUT2D eigenvalue weighted by Gasteiger charge is -2.14. The normalized spacial score (nSPS) is 23.9. The number of alkyl halides is 1. The van der Waals surface area contributed by atoms with E-state index in [1.807, 2.05) is 0 Å². The Hall–Kier alpha value is 0.0200. The van der Waals surface area contributed by atoms with Crippen LogP contribution in [0.2, 0.25) is 0 Å². The van der Waals surface area contributed by atoms with Crippen LogP contribution in [-0.2, 0) is 4.74 Å². The van der Waals surface area contributed by atoms with Gasteiger partial charge in [-0.2, -0.15) is 0 Å². The summed E-state index contributed by atoms with van der Waals surface area (Å²) in [5, 5.41) is 0.919. The monoisotopic (exact) mass is 190 g/mol. The van der Waals surface area contributed by atoms with Gasteiger partial charge in [0, 0.05) is 11.8 Å². The van der Waals surface area contributed by atoms with E-state index >= 15 is 0 Å². The number of allylic oxidation sites excluding steroid dienone is 2. The molecule has 0 unspecified atom stereocenters. The largest absolute Gasteiger partial charge is 0.498 e. The van der Waals surface area contributed by atoms with E-state index in [1.165, 1.54) is 12.8 Å². The van der Waals surface area contributed by atoms with Gasteiger partial charge in [-0.25, -0.2) is 0 Å². The summed E-state index contributed by atoms with van der Waals surface area (Å²) in [6.07, 6.45) is 5.74. The zero-order chi connectivity index (χ0) is 6.53. The summed E-state index contributed by atoms with van der Waals surface area (Å²) in [5.74, 6) is 1.16. The number of rotatable bonds is 1. The van der Waals surface area contributed by atoms with Crippen LogP contribution >= 0.6 is 15.9 Å². The Bertz CT molecular complexity index is 101.